The molecule has 34 heavy (non-hydrogen) atoms. The fourth-order valence-corrected chi connectivity index (χ4v) is 5.30. The third kappa shape index (κ3) is 4.23. The molecular weight excluding hydrogens is 452 g/mol. The Balaban J connectivity index is 1.41. The lowest BCUT2D eigenvalue weighted by Gasteiger charge is -2.18. The van der Waals surface area contributed by atoms with Crippen LogP contribution in [0.3, 0.4) is 0 Å². The zero-order valence-corrected chi connectivity index (χ0v) is 19.5. The van der Waals surface area contributed by atoms with Gasteiger partial charge in [-0.05, 0) is 58.6 Å². The SMILES string of the molecule is Cn1c(=O)oc2ccc(-c3ccc(C[C@@H](C#N)NC(=O)[C@@H]4CNCCCO4)c4ccsc34)cc21. The summed E-state index contributed by atoms with van der Waals surface area (Å²) in [5, 5.41) is 18.8. The van der Waals surface area contributed by atoms with Gasteiger partial charge in [0.2, 0.25) is 0 Å². The number of oxazole rings is 1. The fourth-order valence-electron chi connectivity index (χ4n) is 4.32. The molecule has 2 aromatic carbocycles. The molecule has 2 atom stereocenters. The first-order valence-electron chi connectivity index (χ1n) is 11.2. The Bertz CT molecular complexity index is 1450. The van der Waals surface area contributed by atoms with Crippen LogP contribution in [0.4, 0.5) is 0 Å². The number of aryl methyl sites for hydroxylation is 1. The molecule has 0 bridgehead atoms. The van der Waals surface area contributed by atoms with Crippen molar-refractivity contribution in [3.8, 4) is 17.2 Å². The van der Waals surface area contributed by atoms with E-state index in [9.17, 15) is 14.9 Å². The molecule has 0 saturated carbocycles. The molecule has 1 saturated heterocycles. The highest BCUT2D eigenvalue weighted by Gasteiger charge is 2.24. The molecular formula is C25H24N4O4S. The van der Waals surface area contributed by atoms with Crippen molar-refractivity contribution in [1.82, 2.24) is 15.2 Å². The maximum Gasteiger partial charge on any atom is 0.419 e. The summed E-state index contributed by atoms with van der Waals surface area (Å²) in [5.41, 5.74) is 4.30. The minimum absolute atomic E-state index is 0.266. The molecule has 2 aromatic heterocycles. The van der Waals surface area contributed by atoms with Gasteiger partial charge in [0, 0.05) is 31.3 Å². The molecule has 1 aliphatic rings. The molecule has 0 unspecified atom stereocenters. The highest BCUT2D eigenvalue weighted by molar-refractivity contribution is 7.17. The van der Waals surface area contributed by atoms with E-state index >= 15 is 0 Å². The number of aromatic nitrogens is 1. The van der Waals surface area contributed by atoms with Crippen LogP contribution in [0.25, 0.3) is 32.3 Å². The smallest absolute Gasteiger partial charge is 0.408 e. The molecule has 0 spiro atoms. The lowest BCUT2D eigenvalue weighted by molar-refractivity contribution is -0.132. The monoisotopic (exact) mass is 476 g/mol. The number of amides is 1. The zero-order chi connectivity index (χ0) is 23.7. The van der Waals surface area contributed by atoms with Crippen LogP contribution in [0.5, 0.6) is 0 Å². The molecule has 0 radical (unpaired) electrons. The van der Waals surface area contributed by atoms with Crippen LogP contribution in [0.15, 0.2) is 51.0 Å². The van der Waals surface area contributed by atoms with Crippen molar-refractivity contribution in [3.05, 3.63) is 57.9 Å². The highest BCUT2D eigenvalue weighted by Crippen LogP contribution is 2.36. The first-order chi connectivity index (χ1) is 16.5. The lowest BCUT2D eigenvalue weighted by atomic mass is 9.97. The van der Waals surface area contributed by atoms with E-state index in [1.54, 1.807) is 18.4 Å². The number of fused-ring (bicyclic) bond motifs is 2. The van der Waals surface area contributed by atoms with Crippen molar-refractivity contribution in [1.29, 1.82) is 5.26 Å². The van der Waals surface area contributed by atoms with E-state index in [0.29, 0.717) is 25.2 Å². The van der Waals surface area contributed by atoms with Crippen LogP contribution >= 0.6 is 11.3 Å². The van der Waals surface area contributed by atoms with Gasteiger partial charge in [-0.1, -0.05) is 18.2 Å². The van der Waals surface area contributed by atoms with E-state index in [2.05, 4.69) is 16.7 Å². The van der Waals surface area contributed by atoms with Gasteiger partial charge in [0.05, 0.1) is 11.6 Å². The number of nitriles is 1. The molecule has 8 nitrogen and oxygen atoms in total. The van der Waals surface area contributed by atoms with Crippen LogP contribution in [0, 0.1) is 11.3 Å². The number of ether oxygens (including phenoxy) is 1. The van der Waals surface area contributed by atoms with Gasteiger partial charge < -0.3 is 19.8 Å². The predicted octanol–water partition coefficient (Wildman–Crippen LogP) is 2.94. The standard InChI is InChI=1S/C25H24N4O4S/c1-29-20-12-16(4-6-21(20)33-25(29)31)18-5-3-15(19-7-10-34-23(18)19)11-17(13-26)28-24(30)22-14-27-8-2-9-32-22/h3-7,10,12,17,22,27H,2,8-9,11,14H2,1H3,(H,28,30)/t17-,22-/m0/s1. The van der Waals surface area contributed by atoms with Crippen LogP contribution in [-0.4, -0.2) is 42.3 Å². The molecule has 5 rings (SSSR count). The maximum atomic E-state index is 12.6. The van der Waals surface area contributed by atoms with Gasteiger partial charge in [-0.15, -0.1) is 11.3 Å². The summed E-state index contributed by atoms with van der Waals surface area (Å²) in [6.07, 6.45) is 0.666. The number of hydrogen-bond acceptors (Lipinski definition) is 7. The van der Waals surface area contributed by atoms with E-state index < -0.39 is 17.9 Å². The number of thiophene rings is 1. The van der Waals surface area contributed by atoms with Crippen molar-refractivity contribution >= 4 is 38.4 Å². The summed E-state index contributed by atoms with van der Waals surface area (Å²) in [6.45, 7) is 1.79. The summed E-state index contributed by atoms with van der Waals surface area (Å²) < 4.78 is 13.4. The first-order valence-corrected chi connectivity index (χ1v) is 12.0. The minimum atomic E-state index is -0.662. The first kappa shape index (κ1) is 22.3. The largest absolute Gasteiger partial charge is 0.419 e. The Morgan fingerprint density at radius 3 is 3.09 bits per heavy atom. The second-order valence-corrected chi connectivity index (χ2v) is 9.27. The van der Waals surface area contributed by atoms with E-state index in [-0.39, 0.29) is 5.91 Å². The molecule has 0 aliphatic carbocycles. The van der Waals surface area contributed by atoms with Gasteiger partial charge in [-0.25, -0.2) is 4.79 Å². The van der Waals surface area contributed by atoms with Gasteiger partial charge >= 0.3 is 5.76 Å². The lowest BCUT2D eigenvalue weighted by Crippen LogP contribution is -2.46. The minimum Gasteiger partial charge on any atom is -0.408 e. The Hall–Kier alpha value is -3.45. The average molecular weight is 477 g/mol. The van der Waals surface area contributed by atoms with Gasteiger partial charge in [0.25, 0.3) is 5.91 Å². The molecule has 174 valence electrons. The zero-order valence-electron chi connectivity index (χ0n) is 18.7. The molecule has 2 N–H and O–H groups in total. The molecule has 1 fully saturated rings. The quantitative estimate of drug-likeness (QED) is 0.458. The number of nitrogens with one attached hydrogen (secondary N) is 2. The fraction of sp³-hybridized carbons (Fsp3) is 0.320. The van der Waals surface area contributed by atoms with E-state index in [1.165, 1.54) is 4.57 Å². The Kier molecular flexibility index (Phi) is 6.20. The van der Waals surface area contributed by atoms with Crippen LogP contribution in [0.1, 0.15) is 12.0 Å². The molecule has 9 heteroatoms. The predicted molar refractivity (Wildman–Crippen MR) is 131 cm³/mol. The topological polar surface area (TPSA) is 109 Å². The van der Waals surface area contributed by atoms with Gasteiger partial charge in [-0.2, -0.15) is 5.26 Å². The number of carbonyl (C=O) groups excluding carboxylic acids is 1. The second-order valence-electron chi connectivity index (χ2n) is 8.36. The Labute approximate surface area is 199 Å². The number of nitrogens with zero attached hydrogens (tertiary/aromatic N) is 2. The van der Waals surface area contributed by atoms with E-state index in [1.807, 2.05) is 41.8 Å². The van der Waals surface area contributed by atoms with Crippen molar-refractivity contribution in [2.24, 2.45) is 7.05 Å². The molecule has 3 heterocycles. The number of rotatable bonds is 5. The number of hydrogen-bond donors (Lipinski definition) is 2. The Morgan fingerprint density at radius 2 is 2.24 bits per heavy atom. The van der Waals surface area contributed by atoms with Crippen molar-refractivity contribution in [2.75, 3.05) is 19.7 Å². The average Bonchev–Trinajstić information content (AvgIpc) is 3.32. The summed E-state index contributed by atoms with van der Waals surface area (Å²) >= 11 is 1.62. The summed E-state index contributed by atoms with van der Waals surface area (Å²) in [7, 11) is 1.69. The van der Waals surface area contributed by atoms with Gasteiger partial charge in [0.1, 0.15) is 12.1 Å². The molecule has 4 aromatic rings. The van der Waals surface area contributed by atoms with Crippen molar-refractivity contribution in [3.63, 3.8) is 0 Å². The Morgan fingerprint density at radius 1 is 1.35 bits per heavy atom. The van der Waals surface area contributed by atoms with Gasteiger partial charge in [-0.3, -0.25) is 9.36 Å². The summed E-state index contributed by atoms with van der Waals surface area (Å²) in [6, 6.07) is 13.3. The summed E-state index contributed by atoms with van der Waals surface area (Å²) in [4.78, 5) is 24.5. The maximum absolute atomic E-state index is 12.6. The van der Waals surface area contributed by atoms with Crippen LogP contribution in [0.2, 0.25) is 0 Å². The second kappa shape index (κ2) is 9.43. The number of benzene rings is 2. The van der Waals surface area contributed by atoms with E-state index in [0.717, 1.165) is 45.3 Å². The highest BCUT2D eigenvalue weighted by atomic mass is 32.1. The third-order valence-electron chi connectivity index (χ3n) is 6.14. The van der Waals surface area contributed by atoms with E-state index in [4.69, 9.17) is 9.15 Å². The van der Waals surface area contributed by atoms with Crippen LogP contribution < -0.4 is 16.4 Å². The summed E-state index contributed by atoms with van der Waals surface area (Å²) in [5.74, 6) is -0.656. The molecule has 1 amide bonds. The normalized spacial score (nSPS) is 17.4. The van der Waals surface area contributed by atoms with Crippen molar-refractivity contribution in [2.45, 2.75) is 25.0 Å². The third-order valence-corrected chi connectivity index (χ3v) is 7.09. The van der Waals surface area contributed by atoms with Crippen LogP contribution in [-0.2, 0) is 23.0 Å². The van der Waals surface area contributed by atoms with Gasteiger partial charge in [0.15, 0.2) is 5.58 Å². The van der Waals surface area contributed by atoms with Crippen molar-refractivity contribution < 1.29 is 13.9 Å². The molecule has 1 aliphatic heterocycles. The number of carbonyl (C=O) groups is 1.